The van der Waals surface area contributed by atoms with E-state index in [4.69, 9.17) is 10.00 Å². The van der Waals surface area contributed by atoms with Crippen LogP contribution in [-0.2, 0) is 9.53 Å². The average molecular weight is 170 g/mol. The molecule has 0 aliphatic heterocycles. The number of rotatable bonds is 5. The summed E-state index contributed by atoms with van der Waals surface area (Å²) in [5, 5.41) is 8.18. The minimum Gasteiger partial charge on any atom is -0.360 e. The number of nitriles is 1. The molecule has 0 fully saturated rings. The third kappa shape index (κ3) is 4.69. The first kappa shape index (κ1) is 10.9. The lowest BCUT2D eigenvalue weighted by atomic mass is 10.4. The topological polar surface area (TPSA) is 53.3 Å². The molecule has 0 heterocycles. The van der Waals surface area contributed by atoms with Crippen molar-refractivity contribution in [3.8, 4) is 6.07 Å². The molecule has 0 spiro atoms. The van der Waals surface area contributed by atoms with Crippen LogP contribution < -0.4 is 0 Å². The highest BCUT2D eigenvalue weighted by atomic mass is 16.5. The second-order valence-corrected chi connectivity index (χ2v) is 2.39. The number of amides is 1. The van der Waals surface area contributed by atoms with Crippen molar-refractivity contribution in [2.24, 2.45) is 0 Å². The average Bonchev–Trinajstić information content (AvgIpc) is 2.10. The van der Waals surface area contributed by atoms with Gasteiger partial charge in [0, 0.05) is 13.5 Å². The number of carbonyl (C=O) groups excluding carboxylic acids is 1. The Kier molecular flexibility index (Phi) is 6.02. The molecule has 0 aromatic rings. The van der Waals surface area contributed by atoms with Gasteiger partial charge in [0.2, 0.25) is 5.91 Å². The van der Waals surface area contributed by atoms with Crippen LogP contribution in [0.3, 0.4) is 0 Å². The van der Waals surface area contributed by atoms with E-state index in [9.17, 15) is 4.79 Å². The molecule has 0 aromatic heterocycles. The molecule has 0 rings (SSSR count). The Bertz CT molecular complexity index is 174. The van der Waals surface area contributed by atoms with E-state index < -0.39 is 0 Å². The lowest BCUT2D eigenvalue weighted by molar-refractivity contribution is -0.134. The number of carbonyl (C=O) groups is 1. The van der Waals surface area contributed by atoms with Crippen LogP contribution in [0.2, 0.25) is 0 Å². The van der Waals surface area contributed by atoms with E-state index in [1.807, 2.05) is 6.07 Å². The van der Waals surface area contributed by atoms with Gasteiger partial charge in [0.05, 0.1) is 19.1 Å². The van der Waals surface area contributed by atoms with E-state index in [0.717, 1.165) is 0 Å². The van der Waals surface area contributed by atoms with E-state index in [1.165, 1.54) is 4.90 Å². The Hall–Kier alpha value is -1.08. The van der Waals surface area contributed by atoms with E-state index >= 15 is 0 Å². The molecule has 1 amide bonds. The first-order valence-corrected chi connectivity index (χ1v) is 3.91. The molecule has 0 aliphatic carbocycles. The van der Waals surface area contributed by atoms with Gasteiger partial charge in [-0.3, -0.25) is 4.79 Å². The van der Waals surface area contributed by atoms with Gasteiger partial charge < -0.3 is 9.64 Å². The van der Waals surface area contributed by atoms with Gasteiger partial charge in [-0.25, -0.2) is 0 Å². The second-order valence-electron chi connectivity index (χ2n) is 2.39. The van der Waals surface area contributed by atoms with E-state index in [-0.39, 0.29) is 12.6 Å². The summed E-state index contributed by atoms with van der Waals surface area (Å²) >= 11 is 0. The van der Waals surface area contributed by atoms with E-state index in [0.29, 0.717) is 19.4 Å². The number of ether oxygens (including phenoxy) is 1. The third-order valence-corrected chi connectivity index (χ3v) is 1.37. The van der Waals surface area contributed by atoms with Crippen LogP contribution in [0.4, 0.5) is 0 Å². The van der Waals surface area contributed by atoms with Crippen LogP contribution in [-0.4, -0.2) is 31.2 Å². The molecule has 0 radical (unpaired) electrons. The summed E-state index contributed by atoms with van der Waals surface area (Å²) in [6.07, 6.45) is 0.853. The quantitative estimate of drug-likeness (QED) is 0.451. The normalized spacial score (nSPS) is 9.08. The molecule has 0 atom stereocenters. The molecular weight excluding hydrogens is 156 g/mol. The molecule has 68 valence electrons. The maximum atomic E-state index is 11.0. The lowest BCUT2D eigenvalue weighted by Crippen LogP contribution is -2.28. The fourth-order valence-corrected chi connectivity index (χ4v) is 0.661. The predicted octanol–water partition coefficient (Wildman–Crippen LogP) is 0.743. The highest BCUT2D eigenvalue weighted by molar-refractivity contribution is 5.75. The molecule has 0 unspecified atom stereocenters. The first-order chi connectivity index (χ1) is 5.72. The summed E-state index contributed by atoms with van der Waals surface area (Å²) in [7, 11) is 1.68. The molecule has 12 heavy (non-hydrogen) atoms. The van der Waals surface area contributed by atoms with Crippen LogP contribution in [0.1, 0.15) is 19.8 Å². The van der Waals surface area contributed by atoms with Crippen LogP contribution in [0.15, 0.2) is 0 Å². The third-order valence-electron chi connectivity index (χ3n) is 1.37. The number of hydrogen-bond donors (Lipinski definition) is 0. The van der Waals surface area contributed by atoms with E-state index in [1.54, 1.807) is 14.0 Å². The monoisotopic (exact) mass is 170 g/mol. The molecule has 4 heteroatoms. The summed E-state index contributed by atoms with van der Waals surface area (Å²) in [5.74, 6) is 0.0481. The molecule has 0 saturated carbocycles. The second kappa shape index (κ2) is 6.62. The van der Waals surface area contributed by atoms with E-state index in [2.05, 4.69) is 0 Å². The maximum Gasteiger partial charge on any atom is 0.223 e. The van der Waals surface area contributed by atoms with Gasteiger partial charge in [0.25, 0.3) is 0 Å². The largest absolute Gasteiger partial charge is 0.360 e. The van der Waals surface area contributed by atoms with Crippen LogP contribution in [0, 0.1) is 11.3 Å². The first-order valence-electron chi connectivity index (χ1n) is 3.91. The maximum absolute atomic E-state index is 11.0. The molecule has 4 nitrogen and oxygen atoms in total. The SMILES string of the molecule is CCC(=O)N(C)COCCC#N. The van der Waals surface area contributed by atoms with Crippen molar-refractivity contribution in [1.82, 2.24) is 4.90 Å². The fraction of sp³-hybridized carbons (Fsp3) is 0.750. The minimum absolute atomic E-state index is 0.0481. The van der Waals surface area contributed by atoms with Gasteiger partial charge in [-0.05, 0) is 0 Å². The van der Waals surface area contributed by atoms with Crippen molar-refractivity contribution in [3.63, 3.8) is 0 Å². The fourth-order valence-electron chi connectivity index (χ4n) is 0.661. The summed E-state index contributed by atoms with van der Waals surface area (Å²) < 4.78 is 5.04. The van der Waals surface area contributed by atoms with Gasteiger partial charge in [-0.15, -0.1) is 0 Å². The molecule has 0 N–H and O–H groups in total. The number of nitrogens with zero attached hydrogens (tertiary/aromatic N) is 2. The Labute approximate surface area is 72.7 Å². The van der Waals surface area contributed by atoms with Crippen molar-refractivity contribution < 1.29 is 9.53 Å². The molecule has 0 saturated heterocycles. The van der Waals surface area contributed by atoms with Gasteiger partial charge in [-0.2, -0.15) is 5.26 Å². The van der Waals surface area contributed by atoms with Crippen LogP contribution in [0.5, 0.6) is 0 Å². The Morgan fingerprint density at radius 3 is 2.83 bits per heavy atom. The van der Waals surface area contributed by atoms with Gasteiger partial charge in [-0.1, -0.05) is 6.92 Å². The standard InChI is InChI=1S/C8H14N2O2/c1-3-8(11)10(2)7-12-6-4-5-9/h3-4,6-7H2,1-2H3. The molecule has 0 aliphatic rings. The van der Waals surface area contributed by atoms with Gasteiger partial charge in [0.15, 0.2) is 0 Å². The van der Waals surface area contributed by atoms with Crippen molar-refractivity contribution >= 4 is 5.91 Å². The predicted molar refractivity (Wildman–Crippen MR) is 44.1 cm³/mol. The summed E-state index contributed by atoms with van der Waals surface area (Å²) in [6.45, 7) is 2.46. The lowest BCUT2D eigenvalue weighted by Gasteiger charge is -2.15. The molecule has 0 aromatic carbocycles. The van der Waals surface area contributed by atoms with Crippen molar-refractivity contribution in [2.75, 3.05) is 20.4 Å². The minimum atomic E-state index is 0.0481. The zero-order valence-electron chi connectivity index (χ0n) is 7.54. The van der Waals surface area contributed by atoms with Crippen molar-refractivity contribution in [1.29, 1.82) is 5.26 Å². The zero-order valence-corrected chi connectivity index (χ0v) is 7.54. The Balaban J connectivity index is 3.38. The van der Waals surface area contributed by atoms with Crippen LogP contribution in [0.25, 0.3) is 0 Å². The van der Waals surface area contributed by atoms with Crippen molar-refractivity contribution in [2.45, 2.75) is 19.8 Å². The van der Waals surface area contributed by atoms with Gasteiger partial charge in [0.1, 0.15) is 6.73 Å². The summed E-state index contributed by atoms with van der Waals surface area (Å²) in [6, 6.07) is 1.96. The summed E-state index contributed by atoms with van der Waals surface area (Å²) in [4.78, 5) is 12.5. The summed E-state index contributed by atoms with van der Waals surface area (Å²) in [5.41, 5.74) is 0. The smallest absolute Gasteiger partial charge is 0.223 e. The highest BCUT2D eigenvalue weighted by Crippen LogP contribution is 1.90. The number of hydrogen-bond acceptors (Lipinski definition) is 3. The Morgan fingerprint density at radius 1 is 1.67 bits per heavy atom. The zero-order chi connectivity index (χ0) is 9.40. The molecule has 0 bridgehead atoms. The Morgan fingerprint density at radius 2 is 2.33 bits per heavy atom. The van der Waals surface area contributed by atoms with Crippen LogP contribution >= 0.6 is 0 Å². The van der Waals surface area contributed by atoms with Crippen molar-refractivity contribution in [3.05, 3.63) is 0 Å². The molecular formula is C8H14N2O2. The highest BCUT2D eigenvalue weighted by Gasteiger charge is 2.03. The van der Waals surface area contributed by atoms with Gasteiger partial charge >= 0.3 is 0 Å².